The van der Waals surface area contributed by atoms with Gasteiger partial charge in [-0.1, -0.05) is 0 Å². The molecule has 3 nitrogen and oxygen atoms in total. The Bertz CT molecular complexity index is 425. The maximum absolute atomic E-state index is 13.2. The van der Waals surface area contributed by atoms with Crippen LogP contribution in [0.1, 0.15) is 10.4 Å². The van der Waals surface area contributed by atoms with Gasteiger partial charge in [-0.25, -0.2) is 4.39 Å². The lowest BCUT2D eigenvalue weighted by Crippen LogP contribution is -2.40. The molecule has 0 radical (unpaired) electrons. The zero-order valence-electron chi connectivity index (χ0n) is 9.05. The molecule has 0 aliphatic rings. The average molecular weight is 285 g/mol. The van der Waals surface area contributed by atoms with Crippen LogP contribution < -0.4 is 0 Å². The third-order valence-corrected chi connectivity index (χ3v) is 2.18. The monoisotopic (exact) mass is 284 g/mol. The van der Waals surface area contributed by atoms with Crippen molar-refractivity contribution < 1.29 is 22.4 Å². The summed E-state index contributed by atoms with van der Waals surface area (Å²) in [6, 6.07) is 1.02. The standard InChI is InChI=1S/C10H9ClF4N2O/c11-2-4-17(6-10(13,14)15)9(18)7-1-3-16-5-8(7)12/h1,3,5H,2,4,6H2. The van der Waals surface area contributed by atoms with Crippen molar-refractivity contribution >= 4 is 17.5 Å². The molecule has 0 unspecified atom stereocenters. The van der Waals surface area contributed by atoms with Crippen molar-refractivity contribution in [2.45, 2.75) is 6.18 Å². The molecule has 0 aliphatic heterocycles. The number of halogens is 5. The van der Waals surface area contributed by atoms with Crippen molar-refractivity contribution in [2.24, 2.45) is 0 Å². The normalized spacial score (nSPS) is 11.4. The fourth-order valence-electron chi connectivity index (χ4n) is 1.29. The van der Waals surface area contributed by atoms with Crippen LogP contribution in [0.5, 0.6) is 0 Å². The Morgan fingerprint density at radius 3 is 2.61 bits per heavy atom. The highest BCUT2D eigenvalue weighted by Crippen LogP contribution is 2.18. The topological polar surface area (TPSA) is 33.2 Å². The van der Waals surface area contributed by atoms with Crippen molar-refractivity contribution in [3.05, 3.63) is 29.8 Å². The molecular formula is C10H9ClF4N2O. The molecule has 1 heterocycles. The molecule has 1 rings (SSSR count). The Morgan fingerprint density at radius 1 is 1.44 bits per heavy atom. The average Bonchev–Trinajstić information content (AvgIpc) is 2.26. The van der Waals surface area contributed by atoms with Gasteiger partial charge in [0.15, 0.2) is 5.82 Å². The highest BCUT2D eigenvalue weighted by Gasteiger charge is 2.33. The Labute approximate surface area is 105 Å². The van der Waals surface area contributed by atoms with E-state index in [1.54, 1.807) is 0 Å². The van der Waals surface area contributed by atoms with Crippen molar-refractivity contribution in [2.75, 3.05) is 19.0 Å². The number of alkyl halides is 4. The lowest BCUT2D eigenvalue weighted by atomic mass is 10.2. The van der Waals surface area contributed by atoms with Crippen LogP contribution in [-0.4, -0.2) is 40.9 Å². The first-order chi connectivity index (χ1) is 8.35. The molecule has 100 valence electrons. The van der Waals surface area contributed by atoms with Gasteiger partial charge in [0.25, 0.3) is 5.91 Å². The predicted molar refractivity (Wildman–Crippen MR) is 56.9 cm³/mol. The molecule has 0 saturated heterocycles. The molecule has 0 N–H and O–H groups in total. The number of carbonyl (C=O) groups excluding carboxylic acids is 1. The molecule has 0 bridgehead atoms. The molecule has 0 spiro atoms. The summed E-state index contributed by atoms with van der Waals surface area (Å²) in [5, 5.41) is 0. The minimum atomic E-state index is -4.56. The quantitative estimate of drug-likeness (QED) is 0.628. The number of nitrogens with zero attached hydrogens (tertiary/aromatic N) is 2. The smallest absolute Gasteiger partial charge is 0.328 e. The highest BCUT2D eigenvalue weighted by atomic mass is 35.5. The number of rotatable bonds is 4. The fourth-order valence-corrected chi connectivity index (χ4v) is 1.49. The number of hydrogen-bond donors (Lipinski definition) is 0. The molecule has 1 aromatic rings. The van der Waals surface area contributed by atoms with E-state index >= 15 is 0 Å². The molecule has 0 aliphatic carbocycles. The summed E-state index contributed by atoms with van der Waals surface area (Å²) in [7, 11) is 0. The molecule has 0 atom stereocenters. The van der Waals surface area contributed by atoms with Gasteiger partial charge < -0.3 is 4.90 Å². The van der Waals surface area contributed by atoms with Crippen LogP contribution in [0.15, 0.2) is 18.5 Å². The van der Waals surface area contributed by atoms with Crippen molar-refractivity contribution in [1.29, 1.82) is 0 Å². The lowest BCUT2D eigenvalue weighted by molar-refractivity contribution is -0.140. The molecule has 0 fully saturated rings. The van der Waals surface area contributed by atoms with Gasteiger partial charge in [-0.15, -0.1) is 11.6 Å². The van der Waals surface area contributed by atoms with Crippen molar-refractivity contribution in [3.63, 3.8) is 0 Å². The van der Waals surface area contributed by atoms with E-state index in [4.69, 9.17) is 11.6 Å². The van der Waals surface area contributed by atoms with E-state index in [0.717, 1.165) is 18.5 Å². The Morgan fingerprint density at radius 2 is 2.11 bits per heavy atom. The van der Waals surface area contributed by atoms with Crippen LogP contribution in [0.3, 0.4) is 0 Å². The van der Waals surface area contributed by atoms with E-state index in [1.165, 1.54) is 0 Å². The number of pyridine rings is 1. The van der Waals surface area contributed by atoms with E-state index in [1.807, 2.05) is 0 Å². The van der Waals surface area contributed by atoms with Crippen LogP contribution in [0.25, 0.3) is 0 Å². The minimum Gasteiger partial charge on any atom is -0.328 e. The van der Waals surface area contributed by atoms with Crippen LogP contribution in [0.2, 0.25) is 0 Å². The minimum absolute atomic E-state index is 0.172. The highest BCUT2D eigenvalue weighted by molar-refractivity contribution is 6.18. The summed E-state index contributed by atoms with van der Waals surface area (Å²) in [4.78, 5) is 15.6. The van der Waals surface area contributed by atoms with E-state index in [-0.39, 0.29) is 12.4 Å². The molecule has 8 heteroatoms. The summed E-state index contributed by atoms with van der Waals surface area (Å²) in [6.07, 6.45) is -2.67. The maximum Gasteiger partial charge on any atom is 0.406 e. The summed E-state index contributed by atoms with van der Waals surface area (Å²) < 4.78 is 50.0. The molecule has 0 saturated carbocycles. The van der Waals surface area contributed by atoms with Gasteiger partial charge in [-0.2, -0.15) is 13.2 Å². The van der Waals surface area contributed by atoms with Crippen molar-refractivity contribution in [1.82, 2.24) is 9.88 Å². The van der Waals surface area contributed by atoms with E-state index in [0.29, 0.717) is 4.90 Å². The molecule has 18 heavy (non-hydrogen) atoms. The number of aromatic nitrogens is 1. The van der Waals surface area contributed by atoms with Gasteiger partial charge in [-0.3, -0.25) is 9.78 Å². The van der Waals surface area contributed by atoms with Gasteiger partial charge >= 0.3 is 6.18 Å². The second-order valence-corrected chi connectivity index (χ2v) is 3.76. The van der Waals surface area contributed by atoms with E-state index in [9.17, 15) is 22.4 Å². The second-order valence-electron chi connectivity index (χ2n) is 3.39. The molecule has 1 aromatic heterocycles. The van der Waals surface area contributed by atoms with Crippen molar-refractivity contribution in [3.8, 4) is 0 Å². The summed E-state index contributed by atoms with van der Waals surface area (Å²) in [5.41, 5.74) is -0.459. The molecule has 1 amide bonds. The van der Waals surface area contributed by atoms with Crippen LogP contribution >= 0.6 is 11.6 Å². The summed E-state index contributed by atoms with van der Waals surface area (Å²) >= 11 is 5.33. The van der Waals surface area contributed by atoms with Gasteiger partial charge in [-0.05, 0) is 6.07 Å². The maximum atomic E-state index is 13.2. The van der Waals surface area contributed by atoms with Crippen LogP contribution in [-0.2, 0) is 0 Å². The zero-order valence-corrected chi connectivity index (χ0v) is 9.80. The third kappa shape index (κ3) is 4.14. The van der Waals surface area contributed by atoms with E-state index in [2.05, 4.69) is 4.98 Å². The number of amides is 1. The number of carbonyl (C=O) groups is 1. The first kappa shape index (κ1) is 14.7. The van der Waals surface area contributed by atoms with E-state index < -0.39 is 30.0 Å². The van der Waals surface area contributed by atoms with Gasteiger partial charge in [0.05, 0.1) is 11.8 Å². The molecule has 0 aromatic carbocycles. The number of hydrogen-bond acceptors (Lipinski definition) is 2. The first-order valence-electron chi connectivity index (χ1n) is 4.86. The summed E-state index contributed by atoms with van der Waals surface area (Å²) in [6.45, 7) is -1.79. The predicted octanol–water partition coefficient (Wildman–Crippen LogP) is 2.46. The largest absolute Gasteiger partial charge is 0.406 e. The lowest BCUT2D eigenvalue weighted by Gasteiger charge is -2.23. The van der Waals surface area contributed by atoms with Gasteiger partial charge in [0, 0.05) is 18.6 Å². The Hall–Kier alpha value is -1.37. The SMILES string of the molecule is O=C(c1ccncc1F)N(CCCl)CC(F)(F)F. The third-order valence-electron chi connectivity index (χ3n) is 2.01. The first-order valence-corrected chi connectivity index (χ1v) is 5.40. The fraction of sp³-hybridized carbons (Fsp3) is 0.400. The Kier molecular flexibility index (Phi) is 4.89. The van der Waals surface area contributed by atoms with Crippen LogP contribution in [0, 0.1) is 5.82 Å². The Balaban J connectivity index is 2.93. The van der Waals surface area contributed by atoms with Gasteiger partial charge in [0.1, 0.15) is 6.54 Å². The second kappa shape index (κ2) is 5.99. The molecular weight excluding hydrogens is 276 g/mol. The summed E-state index contributed by atoms with van der Waals surface area (Å²) in [5.74, 6) is -2.20. The van der Waals surface area contributed by atoms with Gasteiger partial charge in [0.2, 0.25) is 0 Å². The van der Waals surface area contributed by atoms with Crippen LogP contribution in [0.4, 0.5) is 17.6 Å². The zero-order chi connectivity index (χ0) is 13.8.